The average molecular weight is 432 g/mol. The molecule has 0 saturated heterocycles. The van der Waals surface area contributed by atoms with E-state index in [2.05, 4.69) is 14.8 Å². The van der Waals surface area contributed by atoms with Crippen LogP contribution >= 0.6 is 0 Å². The summed E-state index contributed by atoms with van der Waals surface area (Å²) in [4.78, 5) is 23.6. The predicted molar refractivity (Wildman–Crippen MR) is 111 cm³/mol. The second-order valence-electron chi connectivity index (χ2n) is 7.02. The van der Waals surface area contributed by atoms with E-state index in [9.17, 15) is 18.0 Å². The lowest BCUT2D eigenvalue weighted by molar-refractivity contribution is 0.0600. The first-order valence-corrected chi connectivity index (χ1v) is 11.1. The molecule has 0 spiro atoms. The van der Waals surface area contributed by atoms with E-state index in [1.165, 1.54) is 31.4 Å². The van der Waals surface area contributed by atoms with Crippen LogP contribution in [-0.2, 0) is 19.5 Å². The molecule has 1 aliphatic carbocycles. The fourth-order valence-corrected chi connectivity index (χ4v) is 4.64. The van der Waals surface area contributed by atoms with Crippen molar-refractivity contribution < 1.29 is 27.5 Å². The van der Waals surface area contributed by atoms with Gasteiger partial charge in [-0.15, -0.1) is 0 Å². The number of nitrogens with one attached hydrogen (secondary N) is 2. The van der Waals surface area contributed by atoms with E-state index in [0.29, 0.717) is 24.9 Å². The smallest absolute Gasteiger partial charge is 0.411 e. The summed E-state index contributed by atoms with van der Waals surface area (Å²) in [6.07, 6.45) is 1.51. The topological polar surface area (TPSA) is 111 Å². The van der Waals surface area contributed by atoms with Crippen LogP contribution in [0.15, 0.2) is 59.5 Å². The Morgan fingerprint density at radius 2 is 1.70 bits per heavy atom. The SMILES string of the molecule is COC(=O)c1ccc(S(=O)(=O)N[C@H]2CCC[C@@H](OC(=O)Nc3ccccc3)C2)cc1. The lowest BCUT2D eigenvalue weighted by Crippen LogP contribution is -2.41. The first kappa shape index (κ1) is 21.8. The minimum atomic E-state index is -3.77. The molecule has 1 saturated carbocycles. The van der Waals surface area contributed by atoms with E-state index in [1.54, 1.807) is 24.3 Å². The highest BCUT2D eigenvalue weighted by Gasteiger charge is 2.28. The summed E-state index contributed by atoms with van der Waals surface area (Å²) in [6, 6.07) is 14.1. The average Bonchev–Trinajstić information content (AvgIpc) is 2.74. The Balaban J connectivity index is 1.57. The van der Waals surface area contributed by atoms with Crippen LogP contribution in [0.5, 0.6) is 0 Å². The molecule has 0 aromatic heterocycles. The van der Waals surface area contributed by atoms with Gasteiger partial charge in [0, 0.05) is 18.2 Å². The van der Waals surface area contributed by atoms with Crippen molar-refractivity contribution in [3.8, 4) is 0 Å². The number of sulfonamides is 1. The number of amides is 1. The Hall–Kier alpha value is -2.91. The van der Waals surface area contributed by atoms with Crippen molar-refractivity contribution in [2.24, 2.45) is 0 Å². The molecule has 0 aliphatic heterocycles. The van der Waals surface area contributed by atoms with Crippen LogP contribution in [0, 0.1) is 0 Å². The molecule has 0 bridgehead atoms. The Morgan fingerprint density at radius 1 is 1.00 bits per heavy atom. The molecule has 0 heterocycles. The summed E-state index contributed by atoms with van der Waals surface area (Å²) in [5.74, 6) is -0.534. The molecule has 1 amide bonds. The van der Waals surface area contributed by atoms with Crippen molar-refractivity contribution in [1.82, 2.24) is 4.72 Å². The third kappa shape index (κ3) is 5.80. The third-order valence-corrected chi connectivity index (χ3v) is 6.36. The van der Waals surface area contributed by atoms with Crippen molar-refractivity contribution in [3.63, 3.8) is 0 Å². The maximum absolute atomic E-state index is 12.7. The van der Waals surface area contributed by atoms with Crippen molar-refractivity contribution in [1.29, 1.82) is 0 Å². The number of methoxy groups -OCH3 is 1. The molecular weight excluding hydrogens is 408 g/mol. The van der Waals surface area contributed by atoms with Gasteiger partial charge in [-0.1, -0.05) is 18.2 Å². The molecule has 2 N–H and O–H groups in total. The zero-order chi connectivity index (χ0) is 21.6. The molecule has 0 radical (unpaired) electrons. The molecule has 9 heteroatoms. The number of para-hydroxylation sites is 1. The molecule has 8 nitrogen and oxygen atoms in total. The maximum Gasteiger partial charge on any atom is 0.411 e. The standard InChI is InChI=1S/C21H24N2O6S/c1-28-20(24)15-10-12-19(13-11-15)30(26,27)23-17-8-5-9-18(14-17)29-21(25)22-16-6-3-2-4-7-16/h2-4,6-7,10-13,17-18,23H,5,8-9,14H2,1H3,(H,22,25)/t17-,18+/m0/s1. The highest BCUT2D eigenvalue weighted by atomic mass is 32.2. The van der Waals surface area contributed by atoms with Crippen LogP contribution in [0.3, 0.4) is 0 Å². The highest BCUT2D eigenvalue weighted by molar-refractivity contribution is 7.89. The number of carbonyl (C=O) groups excluding carboxylic acids is 2. The van der Waals surface area contributed by atoms with Crippen LogP contribution in [0.1, 0.15) is 36.0 Å². The molecule has 30 heavy (non-hydrogen) atoms. The number of ether oxygens (including phenoxy) is 2. The fourth-order valence-electron chi connectivity index (χ4n) is 3.35. The van der Waals surface area contributed by atoms with Gasteiger partial charge in [0.05, 0.1) is 17.6 Å². The summed E-state index contributed by atoms with van der Waals surface area (Å²) in [5.41, 5.74) is 0.901. The molecule has 160 valence electrons. The molecule has 0 unspecified atom stereocenters. The molecule has 3 rings (SSSR count). The van der Waals surface area contributed by atoms with Gasteiger partial charge in [-0.2, -0.15) is 0 Å². The van der Waals surface area contributed by atoms with Gasteiger partial charge < -0.3 is 9.47 Å². The number of anilines is 1. The second kappa shape index (κ2) is 9.73. The molecule has 1 fully saturated rings. The van der Waals surface area contributed by atoms with Crippen molar-refractivity contribution >= 4 is 27.8 Å². The normalized spacial score (nSPS) is 19.0. The van der Waals surface area contributed by atoms with E-state index in [4.69, 9.17) is 4.74 Å². The Kier molecular flexibility index (Phi) is 7.07. The van der Waals surface area contributed by atoms with Gasteiger partial charge >= 0.3 is 12.1 Å². The van der Waals surface area contributed by atoms with E-state index in [1.807, 2.05) is 6.07 Å². The minimum absolute atomic E-state index is 0.0556. The van der Waals surface area contributed by atoms with Gasteiger partial charge in [-0.25, -0.2) is 22.7 Å². The van der Waals surface area contributed by atoms with Crippen molar-refractivity contribution in [2.75, 3.05) is 12.4 Å². The van der Waals surface area contributed by atoms with Crippen LogP contribution in [0.25, 0.3) is 0 Å². The molecule has 2 aromatic carbocycles. The summed E-state index contributed by atoms with van der Waals surface area (Å²) in [6.45, 7) is 0. The Labute approximate surface area is 175 Å². The number of hydrogen-bond donors (Lipinski definition) is 2. The monoisotopic (exact) mass is 432 g/mol. The number of rotatable bonds is 6. The zero-order valence-corrected chi connectivity index (χ0v) is 17.4. The first-order chi connectivity index (χ1) is 14.4. The summed E-state index contributed by atoms with van der Waals surface area (Å²) < 4.78 is 38.1. The lowest BCUT2D eigenvalue weighted by atomic mass is 9.94. The summed E-state index contributed by atoms with van der Waals surface area (Å²) in [5, 5.41) is 2.66. The quantitative estimate of drug-likeness (QED) is 0.678. The number of benzene rings is 2. The summed E-state index contributed by atoms with van der Waals surface area (Å²) >= 11 is 0. The van der Waals surface area contributed by atoms with E-state index in [0.717, 1.165) is 6.42 Å². The van der Waals surface area contributed by atoms with Crippen LogP contribution in [0.4, 0.5) is 10.5 Å². The molecule has 1 aliphatic rings. The fraction of sp³-hybridized carbons (Fsp3) is 0.333. The first-order valence-electron chi connectivity index (χ1n) is 9.61. The van der Waals surface area contributed by atoms with Gasteiger partial charge in [0.15, 0.2) is 0 Å². The van der Waals surface area contributed by atoms with Crippen LogP contribution < -0.4 is 10.0 Å². The number of esters is 1. The molecular formula is C21H24N2O6S. The van der Waals surface area contributed by atoms with Gasteiger partial charge in [0.1, 0.15) is 6.10 Å². The van der Waals surface area contributed by atoms with Crippen LogP contribution in [0.2, 0.25) is 0 Å². The van der Waals surface area contributed by atoms with E-state index >= 15 is 0 Å². The van der Waals surface area contributed by atoms with E-state index in [-0.39, 0.29) is 22.6 Å². The molecule has 2 aromatic rings. The lowest BCUT2D eigenvalue weighted by Gasteiger charge is -2.29. The predicted octanol–water partition coefficient (Wildman–Crippen LogP) is 3.31. The van der Waals surface area contributed by atoms with Gasteiger partial charge in [-0.05, 0) is 55.7 Å². The summed E-state index contributed by atoms with van der Waals surface area (Å²) in [7, 11) is -2.51. The third-order valence-electron chi connectivity index (χ3n) is 4.83. The van der Waals surface area contributed by atoms with Crippen LogP contribution in [-0.4, -0.2) is 39.7 Å². The van der Waals surface area contributed by atoms with Gasteiger partial charge in [0.25, 0.3) is 0 Å². The van der Waals surface area contributed by atoms with E-state index < -0.39 is 22.1 Å². The number of hydrogen-bond acceptors (Lipinski definition) is 6. The molecule has 2 atom stereocenters. The van der Waals surface area contributed by atoms with Gasteiger partial charge in [0.2, 0.25) is 10.0 Å². The second-order valence-corrected chi connectivity index (χ2v) is 8.73. The van der Waals surface area contributed by atoms with Gasteiger partial charge in [-0.3, -0.25) is 5.32 Å². The Morgan fingerprint density at radius 3 is 2.37 bits per heavy atom. The largest absolute Gasteiger partial charge is 0.465 e. The minimum Gasteiger partial charge on any atom is -0.465 e. The van der Waals surface area contributed by atoms with Crippen molar-refractivity contribution in [3.05, 3.63) is 60.2 Å². The maximum atomic E-state index is 12.7. The van der Waals surface area contributed by atoms with Crippen molar-refractivity contribution in [2.45, 2.75) is 42.7 Å². The number of carbonyl (C=O) groups is 2. The highest BCUT2D eigenvalue weighted by Crippen LogP contribution is 2.24. The Bertz CT molecular complexity index is 976. The zero-order valence-electron chi connectivity index (χ0n) is 16.5.